The molecule has 0 unspecified atom stereocenters. The van der Waals surface area contributed by atoms with E-state index < -0.39 is 0 Å². The summed E-state index contributed by atoms with van der Waals surface area (Å²) < 4.78 is 0. The summed E-state index contributed by atoms with van der Waals surface area (Å²) >= 11 is 0. The van der Waals surface area contributed by atoms with Crippen LogP contribution in [-0.4, -0.2) is 35.4 Å². The zero-order valence-electron chi connectivity index (χ0n) is 11.2. The molecule has 3 rings (SSSR count). The number of hydrogen-bond donors (Lipinski definition) is 4. The van der Waals surface area contributed by atoms with Gasteiger partial charge in [-0.2, -0.15) is 0 Å². The van der Waals surface area contributed by atoms with E-state index >= 15 is 0 Å². The molecule has 110 valence electrons. The quantitative estimate of drug-likeness (QED) is 0.571. The van der Waals surface area contributed by atoms with E-state index in [9.17, 15) is 20.4 Å². The van der Waals surface area contributed by atoms with Crippen molar-refractivity contribution in [1.29, 1.82) is 0 Å². The Morgan fingerprint density at radius 1 is 0.636 bits per heavy atom. The molecule has 0 spiro atoms. The Hall–Kier alpha value is -3.35. The number of nitrogens with zero attached hydrogens (tertiary/aromatic N) is 3. The molecule has 0 saturated carbocycles. The van der Waals surface area contributed by atoms with Crippen LogP contribution in [0.2, 0.25) is 0 Å². The zero-order valence-corrected chi connectivity index (χ0v) is 11.2. The van der Waals surface area contributed by atoms with Crippen molar-refractivity contribution < 1.29 is 20.4 Å². The number of aromatic hydroxyl groups is 4. The molecule has 0 aliphatic heterocycles. The average molecular weight is 297 g/mol. The summed E-state index contributed by atoms with van der Waals surface area (Å²) in [4.78, 5) is 12.1. The molecule has 0 amide bonds. The summed E-state index contributed by atoms with van der Waals surface area (Å²) in [5.74, 6) is -0.123. The highest BCUT2D eigenvalue weighted by molar-refractivity contribution is 5.69. The summed E-state index contributed by atoms with van der Waals surface area (Å²) in [5, 5.41) is 38.3. The van der Waals surface area contributed by atoms with Crippen LogP contribution in [0.15, 0.2) is 42.7 Å². The van der Waals surface area contributed by atoms with Crippen molar-refractivity contribution >= 4 is 0 Å². The molecular formula is C15H11N3O4. The second kappa shape index (κ2) is 5.21. The van der Waals surface area contributed by atoms with E-state index in [1.54, 1.807) is 0 Å². The first-order valence-corrected chi connectivity index (χ1v) is 6.28. The Morgan fingerprint density at radius 2 is 1.09 bits per heavy atom. The maximum absolute atomic E-state index is 9.85. The van der Waals surface area contributed by atoms with Crippen molar-refractivity contribution in [2.45, 2.75) is 0 Å². The first kappa shape index (κ1) is 13.6. The summed E-state index contributed by atoms with van der Waals surface area (Å²) in [6, 6.07) is 8.10. The zero-order chi connectivity index (χ0) is 15.7. The fourth-order valence-electron chi connectivity index (χ4n) is 1.97. The summed E-state index contributed by atoms with van der Waals surface area (Å²) in [6.07, 6.45) is 1.25. The molecule has 0 radical (unpaired) electrons. The average Bonchev–Trinajstić information content (AvgIpc) is 2.47. The number of benzene rings is 2. The molecule has 0 saturated heterocycles. The van der Waals surface area contributed by atoms with Crippen LogP contribution in [0.25, 0.3) is 22.8 Å². The van der Waals surface area contributed by atoms with Gasteiger partial charge in [0.1, 0.15) is 29.3 Å². The first-order valence-electron chi connectivity index (χ1n) is 6.28. The van der Waals surface area contributed by atoms with Crippen LogP contribution in [-0.2, 0) is 0 Å². The topological polar surface area (TPSA) is 120 Å². The molecule has 4 N–H and O–H groups in total. The summed E-state index contributed by atoms with van der Waals surface area (Å²) in [5.41, 5.74) is 0.638. The lowest BCUT2D eigenvalue weighted by Gasteiger charge is -2.07. The molecule has 22 heavy (non-hydrogen) atoms. The first-order chi connectivity index (χ1) is 10.5. The van der Waals surface area contributed by atoms with Crippen molar-refractivity contribution in [2.24, 2.45) is 0 Å². The lowest BCUT2D eigenvalue weighted by molar-refractivity contribution is 0.451. The van der Waals surface area contributed by atoms with Crippen molar-refractivity contribution in [3.8, 4) is 45.8 Å². The van der Waals surface area contributed by atoms with Gasteiger partial charge >= 0.3 is 0 Å². The molecule has 1 heterocycles. The van der Waals surface area contributed by atoms with Gasteiger partial charge in [-0.15, -0.1) is 0 Å². The molecule has 2 aromatic carbocycles. The molecule has 1 aromatic heterocycles. The second-order valence-corrected chi connectivity index (χ2v) is 4.54. The van der Waals surface area contributed by atoms with Gasteiger partial charge in [-0.3, -0.25) is 0 Å². The molecule has 0 aliphatic carbocycles. The van der Waals surface area contributed by atoms with Crippen LogP contribution in [0.1, 0.15) is 0 Å². The van der Waals surface area contributed by atoms with Gasteiger partial charge in [0.25, 0.3) is 0 Å². The van der Waals surface area contributed by atoms with Crippen LogP contribution in [0, 0.1) is 0 Å². The van der Waals surface area contributed by atoms with Gasteiger partial charge in [0.15, 0.2) is 11.6 Å². The third kappa shape index (κ3) is 2.47. The van der Waals surface area contributed by atoms with Gasteiger partial charge in [-0.25, -0.2) is 15.0 Å². The predicted octanol–water partition coefficient (Wildman–Crippen LogP) is 2.03. The minimum absolute atomic E-state index is 0.0771. The van der Waals surface area contributed by atoms with E-state index in [2.05, 4.69) is 15.0 Å². The molecular weight excluding hydrogens is 286 g/mol. The maximum Gasteiger partial charge on any atom is 0.167 e. The maximum atomic E-state index is 9.85. The van der Waals surface area contributed by atoms with Gasteiger partial charge in [0.05, 0.1) is 11.1 Å². The van der Waals surface area contributed by atoms with Gasteiger partial charge in [0, 0.05) is 12.1 Å². The Morgan fingerprint density at radius 3 is 1.50 bits per heavy atom. The van der Waals surface area contributed by atoms with E-state index in [-0.39, 0.29) is 34.6 Å². The molecule has 3 aromatic rings. The van der Waals surface area contributed by atoms with Crippen molar-refractivity contribution in [1.82, 2.24) is 15.0 Å². The number of hydrogen-bond acceptors (Lipinski definition) is 7. The Kier molecular flexibility index (Phi) is 3.23. The second-order valence-electron chi connectivity index (χ2n) is 4.54. The monoisotopic (exact) mass is 297 g/mol. The lowest BCUT2D eigenvalue weighted by atomic mass is 10.1. The Bertz CT molecular complexity index is 785. The molecule has 0 atom stereocenters. The molecule has 7 nitrogen and oxygen atoms in total. The number of phenols is 4. The molecule has 0 aliphatic rings. The molecule has 0 fully saturated rings. The third-order valence-electron chi connectivity index (χ3n) is 3.02. The highest BCUT2D eigenvalue weighted by atomic mass is 16.3. The molecule has 7 heteroatoms. The van der Waals surface area contributed by atoms with E-state index in [4.69, 9.17) is 0 Å². The van der Waals surface area contributed by atoms with Gasteiger partial charge in [-0.05, 0) is 24.3 Å². The van der Waals surface area contributed by atoms with Crippen molar-refractivity contribution in [3.05, 3.63) is 42.7 Å². The minimum atomic E-state index is -0.174. The van der Waals surface area contributed by atoms with Gasteiger partial charge in [0.2, 0.25) is 0 Å². The largest absolute Gasteiger partial charge is 0.508 e. The van der Waals surface area contributed by atoms with Crippen molar-refractivity contribution in [2.75, 3.05) is 0 Å². The van der Waals surface area contributed by atoms with Crippen LogP contribution < -0.4 is 0 Å². The number of phenolic OH excluding ortho intramolecular Hbond substituents is 4. The van der Waals surface area contributed by atoms with E-state index in [1.807, 2.05) is 0 Å². The normalized spacial score (nSPS) is 10.5. The third-order valence-corrected chi connectivity index (χ3v) is 3.02. The Labute approximate surface area is 124 Å². The fourth-order valence-corrected chi connectivity index (χ4v) is 1.97. The van der Waals surface area contributed by atoms with E-state index in [0.717, 1.165) is 0 Å². The minimum Gasteiger partial charge on any atom is -0.508 e. The SMILES string of the molecule is Oc1ccc(-c2ncnc(-c3ccc(O)cc3O)n2)c(O)c1. The summed E-state index contributed by atoms with van der Waals surface area (Å²) in [6.45, 7) is 0. The van der Waals surface area contributed by atoms with E-state index in [0.29, 0.717) is 11.1 Å². The number of aromatic nitrogens is 3. The highest BCUT2D eigenvalue weighted by Crippen LogP contribution is 2.33. The molecule has 0 bridgehead atoms. The summed E-state index contributed by atoms with van der Waals surface area (Å²) in [7, 11) is 0. The van der Waals surface area contributed by atoms with Crippen LogP contribution in [0.5, 0.6) is 23.0 Å². The lowest BCUT2D eigenvalue weighted by Crippen LogP contribution is -1.95. The standard InChI is InChI=1S/C15H11N3O4/c19-8-1-3-10(12(21)5-8)14-16-7-17-15(18-14)11-4-2-9(20)6-13(11)22/h1-7,19-22H. The van der Waals surface area contributed by atoms with Crippen molar-refractivity contribution in [3.63, 3.8) is 0 Å². The van der Waals surface area contributed by atoms with Crippen LogP contribution in [0.3, 0.4) is 0 Å². The van der Waals surface area contributed by atoms with E-state index in [1.165, 1.54) is 42.7 Å². The van der Waals surface area contributed by atoms with Gasteiger partial charge < -0.3 is 20.4 Å². The van der Waals surface area contributed by atoms with Crippen LogP contribution in [0.4, 0.5) is 0 Å². The Balaban J connectivity index is 2.10. The van der Waals surface area contributed by atoms with Crippen LogP contribution >= 0.6 is 0 Å². The highest BCUT2D eigenvalue weighted by Gasteiger charge is 2.13. The fraction of sp³-hybridized carbons (Fsp3) is 0. The predicted molar refractivity (Wildman–Crippen MR) is 77.4 cm³/mol. The smallest absolute Gasteiger partial charge is 0.167 e. The van der Waals surface area contributed by atoms with Gasteiger partial charge in [-0.1, -0.05) is 0 Å². The number of rotatable bonds is 2.